The van der Waals surface area contributed by atoms with Crippen LogP contribution in [-0.4, -0.2) is 58.8 Å². The van der Waals surface area contributed by atoms with E-state index in [1.54, 1.807) is 18.2 Å². The molecule has 1 atom stereocenters. The van der Waals surface area contributed by atoms with Gasteiger partial charge in [0, 0.05) is 25.4 Å². The van der Waals surface area contributed by atoms with Gasteiger partial charge in [0.2, 0.25) is 0 Å². The van der Waals surface area contributed by atoms with Crippen LogP contribution < -0.4 is 24.2 Å². The smallest absolute Gasteiger partial charge is 0.419 e. The number of likely N-dealkylation sites (N-methyl/N-ethyl adjacent to an activating group) is 1. The number of rotatable bonds is 9. The number of benzene rings is 2. The lowest BCUT2D eigenvalue weighted by Crippen LogP contribution is -2.23. The molecule has 2 aromatic carbocycles. The van der Waals surface area contributed by atoms with Gasteiger partial charge in [-0.05, 0) is 59.7 Å². The standard InChI is InChI=1S/C25H26BrF3N4O5S/c1-33-10-9-16(14-33)38-22-11-15(7-8-18(22)25(27,28)29)32-39(34,35)17-12-19(26)24(30-13-17)31-20-5-4-6-21(36-2)23(20)37-3/h4-8,11-13,16,32H,9-10,14H2,1-3H3,(H,30,31). The Balaban J connectivity index is 1.57. The number of nitrogens with zero attached hydrogens (tertiary/aromatic N) is 2. The van der Waals surface area contributed by atoms with Crippen LogP contribution in [0.4, 0.5) is 30.4 Å². The lowest BCUT2D eigenvalue weighted by Gasteiger charge is -2.19. The summed E-state index contributed by atoms with van der Waals surface area (Å²) in [6, 6.07) is 9.41. The highest BCUT2D eigenvalue weighted by atomic mass is 79.9. The summed E-state index contributed by atoms with van der Waals surface area (Å²) < 4.78 is 85.9. The highest BCUT2D eigenvalue weighted by Crippen LogP contribution is 2.40. The highest BCUT2D eigenvalue weighted by Gasteiger charge is 2.36. The van der Waals surface area contributed by atoms with Gasteiger partial charge in [-0.1, -0.05) is 6.07 Å². The van der Waals surface area contributed by atoms with E-state index in [1.165, 1.54) is 20.3 Å². The number of anilines is 3. The zero-order chi connectivity index (χ0) is 28.4. The van der Waals surface area contributed by atoms with Gasteiger partial charge in [0.1, 0.15) is 22.6 Å². The average molecular weight is 631 g/mol. The van der Waals surface area contributed by atoms with E-state index in [9.17, 15) is 21.6 Å². The van der Waals surface area contributed by atoms with Crippen LogP contribution in [0.2, 0.25) is 0 Å². The molecule has 2 N–H and O–H groups in total. The minimum atomic E-state index is -4.67. The SMILES string of the molecule is COc1cccc(Nc2ncc(S(=O)(=O)Nc3ccc(C(F)(F)F)c(OC4CCN(C)C4)c3)cc2Br)c1OC. The first kappa shape index (κ1) is 28.8. The molecule has 9 nitrogen and oxygen atoms in total. The summed E-state index contributed by atoms with van der Waals surface area (Å²) in [5, 5.41) is 3.06. The summed E-state index contributed by atoms with van der Waals surface area (Å²) in [5.74, 6) is 0.778. The van der Waals surface area contributed by atoms with Gasteiger partial charge in [-0.2, -0.15) is 13.2 Å². The number of sulfonamides is 1. The molecule has 2 heterocycles. The van der Waals surface area contributed by atoms with Gasteiger partial charge in [0.15, 0.2) is 11.5 Å². The third-order valence-electron chi connectivity index (χ3n) is 5.96. The zero-order valence-corrected chi connectivity index (χ0v) is 23.6. The van der Waals surface area contributed by atoms with Crippen LogP contribution in [0.15, 0.2) is 58.0 Å². The number of likely N-dealkylation sites (tertiary alicyclic amines) is 1. The van der Waals surface area contributed by atoms with Crippen LogP contribution in [0.3, 0.4) is 0 Å². The summed E-state index contributed by atoms with van der Waals surface area (Å²) in [4.78, 5) is 5.93. The van der Waals surface area contributed by atoms with E-state index in [1.807, 2.05) is 11.9 Å². The fraction of sp³-hybridized carbons (Fsp3) is 0.320. The molecule has 0 aliphatic carbocycles. The van der Waals surface area contributed by atoms with Crippen molar-refractivity contribution in [2.75, 3.05) is 44.4 Å². The summed E-state index contributed by atoms with van der Waals surface area (Å²) in [7, 11) is 0.620. The van der Waals surface area contributed by atoms with Crippen molar-refractivity contribution in [3.05, 3.63) is 58.7 Å². The van der Waals surface area contributed by atoms with Crippen molar-refractivity contribution < 1.29 is 35.8 Å². The van der Waals surface area contributed by atoms with Crippen molar-refractivity contribution in [3.63, 3.8) is 0 Å². The minimum Gasteiger partial charge on any atom is -0.493 e. The monoisotopic (exact) mass is 630 g/mol. The van der Waals surface area contributed by atoms with Crippen LogP contribution >= 0.6 is 15.9 Å². The van der Waals surface area contributed by atoms with Crippen molar-refractivity contribution in [2.24, 2.45) is 0 Å². The van der Waals surface area contributed by atoms with Gasteiger partial charge < -0.3 is 24.4 Å². The Labute approximate surface area is 232 Å². The van der Waals surface area contributed by atoms with E-state index in [2.05, 4.69) is 31.0 Å². The molecule has 1 unspecified atom stereocenters. The minimum absolute atomic E-state index is 0.0798. The number of hydrogen-bond donors (Lipinski definition) is 2. The van der Waals surface area contributed by atoms with E-state index < -0.39 is 33.6 Å². The molecule has 0 spiro atoms. The highest BCUT2D eigenvalue weighted by molar-refractivity contribution is 9.10. The number of methoxy groups -OCH3 is 2. The average Bonchev–Trinajstić information content (AvgIpc) is 3.28. The van der Waals surface area contributed by atoms with Crippen molar-refractivity contribution in [1.82, 2.24) is 9.88 Å². The lowest BCUT2D eigenvalue weighted by molar-refractivity contribution is -0.139. The number of aromatic nitrogens is 1. The fourth-order valence-corrected chi connectivity index (χ4v) is 5.69. The number of halogens is 4. The molecule has 0 radical (unpaired) electrons. The fourth-order valence-electron chi connectivity index (χ4n) is 4.07. The number of para-hydroxylation sites is 1. The second kappa shape index (κ2) is 11.5. The maximum atomic E-state index is 13.6. The first-order valence-corrected chi connectivity index (χ1v) is 13.9. The summed E-state index contributed by atoms with van der Waals surface area (Å²) in [6.07, 6.45) is -3.42. The van der Waals surface area contributed by atoms with Gasteiger partial charge in [-0.15, -0.1) is 0 Å². The molecule has 14 heteroatoms. The third kappa shape index (κ3) is 6.68. The lowest BCUT2D eigenvalue weighted by atomic mass is 10.1. The van der Waals surface area contributed by atoms with Crippen LogP contribution in [0.25, 0.3) is 0 Å². The van der Waals surface area contributed by atoms with Crippen LogP contribution in [-0.2, 0) is 16.2 Å². The molecule has 39 heavy (non-hydrogen) atoms. The Bertz CT molecular complexity index is 1460. The van der Waals surface area contributed by atoms with Crippen molar-refractivity contribution in [1.29, 1.82) is 0 Å². The zero-order valence-electron chi connectivity index (χ0n) is 21.2. The van der Waals surface area contributed by atoms with Crippen molar-refractivity contribution in [2.45, 2.75) is 23.6 Å². The van der Waals surface area contributed by atoms with E-state index in [-0.39, 0.29) is 10.6 Å². The van der Waals surface area contributed by atoms with Gasteiger partial charge in [0.25, 0.3) is 10.0 Å². The summed E-state index contributed by atoms with van der Waals surface area (Å²) >= 11 is 3.32. The molecule has 1 aromatic heterocycles. The molecule has 3 aromatic rings. The van der Waals surface area contributed by atoms with E-state index in [0.29, 0.717) is 47.0 Å². The Kier molecular flexibility index (Phi) is 8.47. The molecular formula is C25H26BrF3N4O5S. The number of hydrogen-bond acceptors (Lipinski definition) is 8. The molecule has 0 amide bonds. The first-order valence-electron chi connectivity index (χ1n) is 11.6. The van der Waals surface area contributed by atoms with Crippen molar-refractivity contribution in [3.8, 4) is 17.2 Å². The van der Waals surface area contributed by atoms with Gasteiger partial charge in [-0.3, -0.25) is 4.72 Å². The van der Waals surface area contributed by atoms with Crippen LogP contribution in [0, 0.1) is 0 Å². The number of ether oxygens (including phenoxy) is 3. The second-order valence-corrected chi connectivity index (χ2v) is 11.3. The Morgan fingerprint density at radius 2 is 1.87 bits per heavy atom. The molecule has 1 aliphatic heterocycles. The van der Waals surface area contributed by atoms with Crippen molar-refractivity contribution >= 4 is 43.1 Å². The first-order chi connectivity index (χ1) is 18.4. The molecule has 210 valence electrons. The van der Waals surface area contributed by atoms with Gasteiger partial charge >= 0.3 is 6.18 Å². The predicted octanol–water partition coefficient (Wildman–Crippen LogP) is 5.51. The summed E-state index contributed by atoms with van der Waals surface area (Å²) in [5.41, 5.74) is -0.527. The Morgan fingerprint density at radius 1 is 1.10 bits per heavy atom. The molecular weight excluding hydrogens is 605 g/mol. The maximum absolute atomic E-state index is 13.6. The Morgan fingerprint density at radius 3 is 2.49 bits per heavy atom. The topological polar surface area (TPSA) is 102 Å². The predicted molar refractivity (Wildman–Crippen MR) is 144 cm³/mol. The van der Waals surface area contributed by atoms with E-state index >= 15 is 0 Å². The third-order valence-corrected chi connectivity index (χ3v) is 7.92. The molecule has 0 bridgehead atoms. The Hall–Kier alpha value is -3.23. The van der Waals surface area contributed by atoms with E-state index in [4.69, 9.17) is 14.2 Å². The normalized spacial score (nSPS) is 16.1. The van der Waals surface area contributed by atoms with Gasteiger partial charge in [-0.25, -0.2) is 13.4 Å². The number of alkyl halides is 3. The molecule has 1 aliphatic rings. The summed E-state index contributed by atoms with van der Waals surface area (Å²) in [6.45, 7) is 1.16. The molecule has 4 rings (SSSR count). The maximum Gasteiger partial charge on any atom is 0.419 e. The van der Waals surface area contributed by atoms with E-state index in [0.717, 1.165) is 24.4 Å². The largest absolute Gasteiger partial charge is 0.493 e. The number of pyridine rings is 1. The number of nitrogens with one attached hydrogen (secondary N) is 2. The van der Waals surface area contributed by atoms with Crippen LogP contribution in [0.1, 0.15) is 12.0 Å². The second-order valence-electron chi connectivity index (χ2n) is 8.77. The van der Waals surface area contributed by atoms with Crippen LogP contribution in [0.5, 0.6) is 17.2 Å². The molecule has 0 saturated carbocycles. The van der Waals surface area contributed by atoms with Gasteiger partial charge in [0.05, 0.1) is 35.6 Å². The molecule has 1 saturated heterocycles. The quantitative estimate of drug-likeness (QED) is 0.319. The molecule has 1 fully saturated rings.